The van der Waals surface area contributed by atoms with Crippen LogP contribution in [-0.2, 0) is 5.33 Å². The smallest absolute Gasteiger partial charge is 0.266 e. The lowest BCUT2D eigenvalue weighted by Gasteiger charge is -2.06. The van der Waals surface area contributed by atoms with Crippen LogP contribution in [0.3, 0.4) is 0 Å². The van der Waals surface area contributed by atoms with Crippen LogP contribution in [0.25, 0.3) is 0 Å². The van der Waals surface area contributed by atoms with Gasteiger partial charge in [-0.05, 0) is 27.6 Å². The number of alkyl halides is 3. The van der Waals surface area contributed by atoms with Crippen molar-refractivity contribution < 1.29 is 13.6 Å². The molecular weight excluding hydrogens is 324 g/mol. The van der Waals surface area contributed by atoms with E-state index in [0.717, 1.165) is 0 Å². The zero-order valence-electron chi connectivity index (χ0n) is 6.81. The minimum Gasteiger partial charge on any atom is -0.296 e. The van der Waals surface area contributed by atoms with Crippen molar-refractivity contribution in [3.05, 3.63) is 27.5 Å². The molecule has 1 aromatic rings. The molecule has 1 aromatic heterocycles. The summed E-state index contributed by atoms with van der Waals surface area (Å²) in [6.07, 6.45) is -2.36. The molecule has 0 atom stereocenters. The second-order valence-corrected chi connectivity index (χ2v) is 3.78. The van der Waals surface area contributed by atoms with E-state index < -0.39 is 6.43 Å². The molecule has 0 N–H and O–H groups in total. The number of hydrogen-bond acceptors (Lipinski definition) is 2. The molecule has 0 bridgehead atoms. The first kappa shape index (κ1) is 11.7. The quantitative estimate of drug-likeness (QED) is 0.483. The molecule has 0 aromatic carbocycles. The summed E-state index contributed by atoms with van der Waals surface area (Å²) in [5.74, 6) is 0. The van der Waals surface area contributed by atoms with Crippen molar-refractivity contribution in [2.45, 2.75) is 11.8 Å². The molecule has 0 aliphatic heterocycles. The fourth-order valence-electron chi connectivity index (χ4n) is 0.926. The normalized spacial score (nSPS) is 10.6. The van der Waals surface area contributed by atoms with Gasteiger partial charge in [0.1, 0.15) is 10.3 Å². The first-order chi connectivity index (χ1) is 6.60. The van der Waals surface area contributed by atoms with E-state index in [1.807, 2.05) is 0 Å². The van der Waals surface area contributed by atoms with Gasteiger partial charge in [0.15, 0.2) is 6.29 Å². The molecular formula is C8H5Br2F2NO. The predicted molar refractivity (Wildman–Crippen MR) is 54.9 cm³/mol. The number of carbonyl (C=O) groups excluding carboxylic acids is 1. The number of aromatic nitrogens is 1. The fourth-order valence-corrected chi connectivity index (χ4v) is 2.18. The summed E-state index contributed by atoms with van der Waals surface area (Å²) >= 11 is 6.22. The predicted octanol–water partition coefficient (Wildman–Crippen LogP) is 3.49. The van der Waals surface area contributed by atoms with Gasteiger partial charge in [-0.25, -0.2) is 13.8 Å². The lowest BCUT2D eigenvalue weighted by molar-refractivity contribution is 0.110. The first-order valence-electron chi connectivity index (χ1n) is 3.58. The van der Waals surface area contributed by atoms with E-state index in [0.29, 0.717) is 21.8 Å². The minimum absolute atomic E-state index is 0.225. The highest BCUT2D eigenvalue weighted by Gasteiger charge is 2.16. The summed E-state index contributed by atoms with van der Waals surface area (Å²) < 4.78 is 25.3. The van der Waals surface area contributed by atoms with Crippen molar-refractivity contribution in [1.29, 1.82) is 0 Å². The second-order valence-electron chi connectivity index (χ2n) is 2.46. The first-order valence-corrected chi connectivity index (χ1v) is 5.50. The van der Waals surface area contributed by atoms with E-state index in [9.17, 15) is 13.6 Å². The van der Waals surface area contributed by atoms with Crippen LogP contribution in [0.5, 0.6) is 0 Å². The van der Waals surface area contributed by atoms with Gasteiger partial charge in [0.25, 0.3) is 6.43 Å². The Morgan fingerprint density at radius 1 is 1.57 bits per heavy atom. The lowest BCUT2D eigenvalue weighted by Crippen LogP contribution is -2.00. The maximum Gasteiger partial charge on any atom is 0.266 e. The third-order valence-electron chi connectivity index (χ3n) is 1.60. The van der Waals surface area contributed by atoms with Gasteiger partial charge in [-0.15, -0.1) is 0 Å². The van der Waals surface area contributed by atoms with Gasteiger partial charge < -0.3 is 0 Å². The molecule has 0 fully saturated rings. The largest absolute Gasteiger partial charge is 0.296 e. The van der Waals surface area contributed by atoms with Gasteiger partial charge in [-0.2, -0.15) is 0 Å². The standard InChI is InChI=1S/C8H5Br2F2NO/c9-2-4-1-5(8(11)12)6(3-14)13-7(4)10/h1,3,8H,2H2. The van der Waals surface area contributed by atoms with E-state index in [2.05, 4.69) is 36.8 Å². The van der Waals surface area contributed by atoms with Crippen LogP contribution in [0.2, 0.25) is 0 Å². The van der Waals surface area contributed by atoms with Crippen LogP contribution in [0.1, 0.15) is 28.0 Å². The molecule has 14 heavy (non-hydrogen) atoms. The molecule has 1 rings (SSSR count). The van der Waals surface area contributed by atoms with E-state index >= 15 is 0 Å². The molecule has 0 amide bonds. The van der Waals surface area contributed by atoms with Crippen molar-refractivity contribution in [2.75, 3.05) is 0 Å². The van der Waals surface area contributed by atoms with Gasteiger partial charge in [0.2, 0.25) is 0 Å². The number of pyridine rings is 1. The molecule has 1 heterocycles. The monoisotopic (exact) mass is 327 g/mol. The maximum atomic E-state index is 12.4. The number of nitrogens with zero attached hydrogens (tertiary/aromatic N) is 1. The molecule has 0 saturated carbocycles. The Morgan fingerprint density at radius 3 is 2.64 bits per heavy atom. The summed E-state index contributed by atoms with van der Waals surface area (Å²) in [5, 5.41) is 0.402. The minimum atomic E-state index is -2.69. The average molecular weight is 329 g/mol. The van der Waals surface area contributed by atoms with Gasteiger partial charge in [0.05, 0.1) is 0 Å². The van der Waals surface area contributed by atoms with Crippen molar-refractivity contribution in [2.24, 2.45) is 0 Å². The third-order valence-corrected chi connectivity index (χ3v) is 2.89. The highest BCUT2D eigenvalue weighted by Crippen LogP contribution is 2.26. The number of aldehydes is 1. The zero-order chi connectivity index (χ0) is 10.7. The number of hydrogen-bond donors (Lipinski definition) is 0. The van der Waals surface area contributed by atoms with Gasteiger partial charge in [-0.1, -0.05) is 15.9 Å². The van der Waals surface area contributed by atoms with Gasteiger partial charge in [0, 0.05) is 10.9 Å². The molecule has 0 aliphatic carbocycles. The Labute approximate surface area is 96.0 Å². The third kappa shape index (κ3) is 2.36. The van der Waals surface area contributed by atoms with E-state index in [-0.39, 0.29) is 11.3 Å². The maximum absolute atomic E-state index is 12.4. The fraction of sp³-hybridized carbons (Fsp3) is 0.250. The van der Waals surface area contributed by atoms with Crippen LogP contribution in [0.4, 0.5) is 8.78 Å². The van der Waals surface area contributed by atoms with Gasteiger partial charge in [-0.3, -0.25) is 4.79 Å². The Balaban J connectivity index is 3.32. The summed E-state index contributed by atoms with van der Waals surface area (Å²) in [7, 11) is 0. The number of halogens is 4. The van der Waals surface area contributed by atoms with E-state index in [4.69, 9.17) is 0 Å². The number of carbonyl (C=O) groups is 1. The Morgan fingerprint density at radius 2 is 2.21 bits per heavy atom. The Kier molecular flexibility index (Phi) is 4.12. The van der Waals surface area contributed by atoms with Crippen molar-refractivity contribution in [3.8, 4) is 0 Å². The molecule has 6 heteroatoms. The molecule has 0 unspecified atom stereocenters. The van der Waals surface area contributed by atoms with Crippen molar-refractivity contribution >= 4 is 38.1 Å². The lowest BCUT2D eigenvalue weighted by atomic mass is 10.1. The topological polar surface area (TPSA) is 30.0 Å². The molecule has 2 nitrogen and oxygen atoms in total. The Hall–Kier alpha value is -0.360. The molecule has 0 spiro atoms. The summed E-state index contributed by atoms with van der Waals surface area (Å²) in [6, 6.07) is 1.26. The molecule has 0 saturated heterocycles. The SMILES string of the molecule is O=Cc1nc(Br)c(CBr)cc1C(F)F. The van der Waals surface area contributed by atoms with Gasteiger partial charge >= 0.3 is 0 Å². The zero-order valence-corrected chi connectivity index (χ0v) is 9.98. The van der Waals surface area contributed by atoms with E-state index in [1.165, 1.54) is 6.07 Å². The highest BCUT2D eigenvalue weighted by molar-refractivity contribution is 9.10. The molecule has 0 aliphatic rings. The van der Waals surface area contributed by atoms with Crippen molar-refractivity contribution in [1.82, 2.24) is 4.98 Å². The molecule has 76 valence electrons. The van der Waals surface area contributed by atoms with Crippen LogP contribution in [0.15, 0.2) is 10.7 Å². The summed E-state index contributed by atoms with van der Waals surface area (Å²) in [5.41, 5.74) is 0.0279. The van der Waals surface area contributed by atoms with Crippen molar-refractivity contribution in [3.63, 3.8) is 0 Å². The second kappa shape index (κ2) is 4.93. The number of rotatable bonds is 3. The van der Waals surface area contributed by atoms with Crippen LogP contribution in [0, 0.1) is 0 Å². The van der Waals surface area contributed by atoms with Crippen LogP contribution >= 0.6 is 31.9 Å². The Bertz CT molecular complexity index is 357. The molecule has 0 radical (unpaired) electrons. The summed E-state index contributed by atoms with van der Waals surface area (Å²) in [6.45, 7) is 0. The van der Waals surface area contributed by atoms with Crippen LogP contribution < -0.4 is 0 Å². The summed E-state index contributed by atoms with van der Waals surface area (Å²) in [4.78, 5) is 14.2. The van der Waals surface area contributed by atoms with Crippen LogP contribution in [-0.4, -0.2) is 11.3 Å². The van der Waals surface area contributed by atoms with E-state index in [1.54, 1.807) is 0 Å². The average Bonchev–Trinajstić information content (AvgIpc) is 2.16. The highest BCUT2D eigenvalue weighted by atomic mass is 79.9.